The summed E-state index contributed by atoms with van der Waals surface area (Å²) < 4.78 is 10.8. The van der Waals surface area contributed by atoms with E-state index in [1.807, 2.05) is 20.8 Å². The van der Waals surface area contributed by atoms with Crippen LogP contribution in [0.25, 0.3) is 0 Å². The van der Waals surface area contributed by atoms with Crippen LogP contribution < -0.4 is 5.32 Å². The SMILES string of the molecule is CC(C)OCC(O)COC1(C)CNC1. The van der Waals surface area contributed by atoms with Gasteiger partial charge in [0.2, 0.25) is 0 Å². The predicted octanol–water partition coefficient (Wildman–Crippen LogP) is 0.151. The van der Waals surface area contributed by atoms with Crippen molar-refractivity contribution in [2.45, 2.75) is 38.6 Å². The summed E-state index contributed by atoms with van der Waals surface area (Å²) in [5.74, 6) is 0. The first-order valence-corrected chi connectivity index (χ1v) is 5.16. The molecule has 0 aromatic heterocycles. The standard InChI is InChI=1S/C10H21NO3/c1-8(2)13-4-9(12)5-14-10(3)6-11-7-10/h8-9,11-12H,4-7H2,1-3H3. The van der Waals surface area contributed by atoms with Gasteiger partial charge in [-0.1, -0.05) is 0 Å². The third-order valence-corrected chi connectivity index (χ3v) is 2.24. The maximum atomic E-state index is 9.51. The lowest BCUT2D eigenvalue weighted by atomic mass is 10.0. The van der Waals surface area contributed by atoms with E-state index in [1.54, 1.807) is 0 Å². The van der Waals surface area contributed by atoms with Crippen LogP contribution in [0.1, 0.15) is 20.8 Å². The van der Waals surface area contributed by atoms with Crippen molar-refractivity contribution in [3.05, 3.63) is 0 Å². The van der Waals surface area contributed by atoms with E-state index in [0.29, 0.717) is 13.2 Å². The van der Waals surface area contributed by atoms with Crippen LogP contribution in [-0.4, -0.2) is 49.2 Å². The van der Waals surface area contributed by atoms with Gasteiger partial charge in [-0.2, -0.15) is 0 Å². The molecule has 2 N–H and O–H groups in total. The molecule has 84 valence electrons. The normalized spacial score (nSPS) is 22.1. The first kappa shape index (κ1) is 11.9. The van der Waals surface area contributed by atoms with Crippen molar-refractivity contribution in [2.75, 3.05) is 26.3 Å². The topological polar surface area (TPSA) is 50.7 Å². The highest BCUT2D eigenvalue weighted by molar-refractivity contribution is 4.90. The van der Waals surface area contributed by atoms with Crippen molar-refractivity contribution in [2.24, 2.45) is 0 Å². The molecule has 1 rings (SSSR count). The van der Waals surface area contributed by atoms with Gasteiger partial charge in [0.25, 0.3) is 0 Å². The molecule has 0 radical (unpaired) electrons. The lowest BCUT2D eigenvalue weighted by Crippen LogP contribution is -2.59. The molecule has 1 fully saturated rings. The number of aliphatic hydroxyl groups excluding tert-OH is 1. The van der Waals surface area contributed by atoms with Gasteiger partial charge in [0.1, 0.15) is 6.10 Å². The molecule has 4 heteroatoms. The fourth-order valence-electron chi connectivity index (χ4n) is 1.23. The second-order valence-corrected chi connectivity index (χ2v) is 4.40. The fourth-order valence-corrected chi connectivity index (χ4v) is 1.23. The minimum absolute atomic E-state index is 0.0845. The lowest BCUT2D eigenvalue weighted by molar-refractivity contribution is -0.112. The molecule has 1 saturated heterocycles. The summed E-state index contributed by atoms with van der Waals surface area (Å²) in [6, 6.07) is 0. The number of nitrogens with one attached hydrogen (secondary N) is 1. The smallest absolute Gasteiger partial charge is 0.101 e. The van der Waals surface area contributed by atoms with E-state index >= 15 is 0 Å². The maximum Gasteiger partial charge on any atom is 0.101 e. The fraction of sp³-hybridized carbons (Fsp3) is 1.00. The number of ether oxygens (including phenoxy) is 2. The molecule has 1 aliphatic heterocycles. The minimum Gasteiger partial charge on any atom is -0.388 e. The maximum absolute atomic E-state index is 9.51. The molecular weight excluding hydrogens is 182 g/mol. The van der Waals surface area contributed by atoms with E-state index in [9.17, 15) is 5.11 Å². The van der Waals surface area contributed by atoms with Crippen LogP contribution >= 0.6 is 0 Å². The van der Waals surface area contributed by atoms with E-state index in [1.165, 1.54) is 0 Å². The van der Waals surface area contributed by atoms with Crippen molar-refractivity contribution in [3.8, 4) is 0 Å². The summed E-state index contributed by atoms with van der Waals surface area (Å²) in [5, 5.41) is 12.6. The first-order chi connectivity index (χ1) is 6.52. The van der Waals surface area contributed by atoms with Gasteiger partial charge in [0.15, 0.2) is 0 Å². The highest BCUT2D eigenvalue weighted by Crippen LogP contribution is 2.15. The molecule has 0 aromatic carbocycles. The van der Waals surface area contributed by atoms with Crippen LogP contribution in [-0.2, 0) is 9.47 Å². The molecule has 0 amide bonds. The number of rotatable bonds is 6. The average molecular weight is 203 g/mol. The Balaban J connectivity index is 2.05. The van der Waals surface area contributed by atoms with Crippen LogP contribution in [0, 0.1) is 0 Å². The lowest BCUT2D eigenvalue weighted by Gasteiger charge is -2.39. The van der Waals surface area contributed by atoms with Crippen LogP contribution in [0.5, 0.6) is 0 Å². The third-order valence-electron chi connectivity index (χ3n) is 2.24. The molecule has 0 bridgehead atoms. The highest BCUT2D eigenvalue weighted by atomic mass is 16.5. The van der Waals surface area contributed by atoms with Crippen molar-refractivity contribution >= 4 is 0 Å². The minimum atomic E-state index is -0.519. The van der Waals surface area contributed by atoms with Gasteiger partial charge in [-0.25, -0.2) is 0 Å². The quantitative estimate of drug-likeness (QED) is 0.645. The van der Waals surface area contributed by atoms with E-state index in [0.717, 1.165) is 13.1 Å². The second-order valence-electron chi connectivity index (χ2n) is 4.40. The Kier molecular flexibility index (Phi) is 4.31. The molecule has 14 heavy (non-hydrogen) atoms. The summed E-state index contributed by atoms with van der Waals surface area (Å²) in [4.78, 5) is 0. The van der Waals surface area contributed by atoms with Crippen molar-refractivity contribution in [1.29, 1.82) is 0 Å². The number of aliphatic hydroxyl groups is 1. The van der Waals surface area contributed by atoms with Crippen LogP contribution in [0.2, 0.25) is 0 Å². The zero-order valence-corrected chi connectivity index (χ0v) is 9.25. The molecule has 0 aliphatic carbocycles. The van der Waals surface area contributed by atoms with Gasteiger partial charge in [0.05, 0.1) is 24.9 Å². The molecule has 1 atom stereocenters. The monoisotopic (exact) mass is 203 g/mol. The van der Waals surface area contributed by atoms with Crippen LogP contribution in [0.4, 0.5) is 0 Å². The molecular formula is C10H21NO3. The van der Waals surface area contributed by atoms with E-state index in [2.05, 4.69) is 5.32 Å². The van der Waals surface area contributed by atoms with Crippen molar-refractivity contribution in [3.63, 3.8) is 0 Å². The molecule has 1 heterocycles. The Hall–Kier alpha value is -0.160. The molecule has 0 aromatic rings. The van der Waals surface area contributed by atoms with Crippen molar-refractivity contribution < 1.29 is 14.6 Å². The summed E-state index contributed by atoms with van der Waals surface area (Å²) in [7, 11) is 0. The van der Waals surface area contributed by atoms with E-state index in [-0.39, 0.29) is 11.7 Å². The van der Waals surface area contributed by atoms with Gasteiger partial charge in [-0.05, 0) is 20.8 Å². The Morgan fingerprint density at radius 3 is 2.43 bits per heavy atom. The summed E-state index contributed by atoms with van der Waals surface area (Å²) in [6.45, 7) is 8.37. The van der Waals surface area contributed by atoms with Crippen LogP contribution in [0.15, 0.2) is 0 Å². The Morgan fingerprint density at radius 1 is 1.36 bits per heavy atom. The average Bonchev–Trinajstić information content (AvgIpc) is 2.08. The molecule has 0 spiro atoms. The van der Waals surface area contributed by atoms with Gasteiger partial charge in [-0.3, -0.25) is 0 Å². The highest BCUT2D eigenvalue weighted by Gasteiger charge is 2.32. The number of hydrogen-bond donors (Lipinski definition) is 2. The first-order valence-electron chi connectivity index (χ1n) is 5.16. The molecule has 4 nitrogen and oxygen atoms in total. The van der Waals surface area contributed by atoms with Crippen molar-refractivity contribution in [1.82, 2.24) is 5.32 Å². The molecule has 0 saturated carbocycles. The predicted molar refractivity (Wildman–Crippen MR) is 54.3 cm³/mol. The second kappa shape index (κ2) is 5.07. The number of hydrogen-bond acceptors (Lipinski definition) is 4. The Bertz CT molecular complexity index is 169. The third kappa shape index (κ3) is 3.92. The van der Waals surface area contributed by atoms with Gasteiger partial charge in [-0.15, -0.1) is 0 Å². The zero-order chi connectivity index (χ0) is 10.6. The van der Waals surface area contributed by atoms with Gasteiger partial charge < -0.3 is 19.9 Å². The molecule has 1 aliphatic rings. The Labute approximate surface area is 85.6 Å². The van der Waals surface area contributed by atoms with Crippen LogP contribution in [0.3, 0.4) is 0 Å². The van der Waals surface area contributed by atoms with Gasteiger partial charge >= 0.3 is 0 Å². The Morgan fingerprint density at radius 2 is 2.00 bits per heavy atom. The largest absolute Gasteiger partial charge is 0.388 e. The van der Waals surface area contributed by atoms with E-state index in [4.69, 9.17) is 9.47 Å². The summed E-state index contributed by atoms with van der Waals surface area (Å²) in [6.07, 6.45) is -0.361. The zero-order valence-electron chi connectivity index (χ0n) is 9.25. The summed E-state index contributed by atoms with van der Waals surface area (Å²) >= 11 is 0. The molecule has 1 unspecified atom stereocenters. The van der Waals surface area contributed by atoms with Gasteiger partial charge in [0, 0.05) is 13.1 Å². The van der Waals surface area contributed by atoms with E-state index < -0.39 is 6.10 Å². The summed E-state index contributed by atoms with van der Waals surface area (Å²) in [5.41, 5.74) is -0.0845.